The first kappa shape index (κ1) is 33.1. The van der Waals surface area contributed by atoms with Crippen LogP contribution in [0.5, 0.6) is 17.2 Å². The summed E-state index contributed by atoms with van der Waals surface area (Å²) in [5, 5.41) is 9.22. The predicted molar refractivity (Wildman–Crippen MR) is 152 cm³/mol. The van der Waals surface area contributed by atoms with Crippen LogP contribution >= 0.6 is 0 Å². The lowest BCUT2D eigenvalue weighted by Crippen LogP contribution is -2.19. The van der Waals surface area contributed by atoms with Gasteiger partial charge in [0.2, 0.25) is 5.75 Å². The maximum absolute atomic E-state index is 12.3. The average Bonchev–Trinajstić information content (AvgIpc) is 2.91. The molecule has 0 heterocycles. The molecule has 0 fully saturated rings. The van der Waals surface area contributed by atoms with Gasteiger partial charge in [-0.25, -0.2) is 5.48 Å². The van der Waals surface area contributed by atoms with Gasteiger partial charge in [0.25, 0.3) is 5.91 Å². The molecule has 214 valence electrons. The molecule has 0 aromatic heterocycles. The van der Waals surface area contributed by atoms with Crippen LogP contribution in [-0.4, -0.2) is 30.9 Å². The number of hydrogen-bond acceptors (Lipinski definition) is 5. The molecular weight excluding hydrogens is 466 g/mol. The third-order valence-electron chi connectivity index (χ3n) is 6.64. The van der Waals surface area contributed by atoms with E-state index in [1.165, 1.54) is 77.0 Å². The van der Waals surface area contributed by atoms with Crippen LogP contribution in [-0.2, 0) is 0 Å². The average molecular weight is 522 g/mol. The van der Waals surface area contributed by atoms with Crippen molar-refractivity contribution in [2.75, 3.05) is 19.8 Å². The van der Waals surface area contributed by atoms with E-state index in [1.54, 1.807) is 17.6 Å². The van der Waals surface area contributed by atoms with Crippen LogP contribution in [0, 0.1) is 0 Å². The number of carbonyl (C=O) groups excluding carboxylic acids is 1. The molecule has 0 spiro atoms. The molecule has 0 saturated heterocycles. The Bertz CT molecular complexity index is 655. The van der Waals surface area contributed by atoms with Crippen molar-refractivity contribution in [1.82, 2.24) is 5.48 Å². The molecule has 1 aromatic rings. The molecule has 0 radical (unpaired) electrons. The molecule has 2 N–H and O–H groups in total. The number of benzene rings is 1. The Kier molecular flexibility index (Phi) is 20.7. The van der Waals surface area contributed by atoms with Crippen molar-refractivity contribution >= 4 is 5.91 Å². The van der Waals surface area contributed by atoms with Gasteiger partial charge in [0.15, 0.2) is 11.5 Å². The van der Waals surface area contributed by atoms with E-state index in [0.717, 1.165) is 38.5 Å². The van der Waals surface area contributed by atoms with Gasteiger partial charge in [-0.2, -0.15) is 0 Å². The van der Waals surface area contributed by atoms with Gasteiger partial charge in [0.1, 0.15) is 0 Å². The molecule has 37 heavy (non-hydrogen) atoms. The lowest BCUT2D eigenvalue weighted by Gasteiger charge is -2.18. The van der Waals surface area contributed by atoms with E-state index in [0.29, 0.717) is 42.6 Å². The molecule has 1 rings (SSSR count). The maximum Gasteiger partial charge on any atom is 0.274 e. The third-order valence-corrected chi connectivity index (χ3v) is 6.64. The Morgan fingerprint density at radius 3 is 1.32 bits per heavy atom. The summed E-state index contributed by atoms with van der Waals surface area (Å²) < 4.78 is 18.5. The van der Waals surface area contributed by atoms with Gasteiger partial charge in [-0.3, -0.25) is 10.0 Å². The monoisotopic (exact) mass is 521 g/mol. The minimum Gasteiger partial charge on any atom is -0.490 e. The van der Waals surface area contributed by atoms with Crippen molar-refractivity contribution in [3.05, 3.63) is 17.7 Å². The Morgan fingerprint density at radius 1 is 0.595 bits per heavy atom. The van der Waals surface area contributed by atoms with Gasteiger partial charge in [0, 0.05) is 5.56 Å². The standard InChI is InChI=1S/C31H55NO5/c1-4-7-10-13-16-19-22-35-28-25-27(31(33)32-34)26-29(36-23-20-17-14-11-8-5-2)30(28)37-24-21-18-15-12-9-6-3/h25-26,34H,4-24H2,1-3H3,(H,32,33). The van der Waals surface area contributed by atoms with Gasteiger partial charge >= 0.3 is 0 Å². The van der Waals surface area contributed by atoms with Crippen LogP contribution in [0.1, 0.15) is 147 Å². The molecule has 1 amide bonds. The van der Waals surface area contributed by atoms with Crippen molar-refractivity contribution in [3.8, 4) is 17.2 Å². The van der Waals surface area contributed by atoms with E-state index in [4.69, 9.17) is 14.2 Å². The van der Waals surface area contributed by atoms with Crippen molar-refractivity contribution in [3.63, 3.8) is 0 Å². The number of amides is 1. The van der Waals surface area contributed by atoms with Crippen LogP contribution in [0.15, 0.2) is 12.1 Å². The summed E-state index contributed by atoms with van der Waals surface area (Å²) in [7, 11) is 0. The van der Waals surface area contributed by atoms with Gasteiger partial charge in [-0.15, -0.1) is 0 Å². The second-order valence-corrected chi connectivity index (χ2v) is 10.1. The van der Waals surface area contributed by atoms with Crippen LogP contribution in [0.25, 0.3) is 0 Å². The SMILES string of the molecule is CCCCCCCCOc1cc(C(=O)NO)cc(OCCCCCCCC)c1OCCCCCCCC. The molecule has 0 aliphatic carbocycles. The van der Waals surface area contributed by atoms with Gasteiger partial charge in [-0.1, -0.05) is 117 Å². The van der Waals surface area contributed by atoms with Gasteiger partial charge < -0.3 is 14.2 Å². The second-order valence-electron chi connectivity index (χ2n) is 10.1. The Hall–Kier alpha value is -1.95. The summed E-state index contributed by atoms with van der Waals surface area (Å²) in [6, 6.07) is 3.30. The molecule has 1 aromatic carbocycles. The highest BCUT2D eigenvalue weighted by molar-refractivity contribution is 5.94. The summed E-state index contributed by atoms with van der Waals surface area (Å²) in [4.78, 5) is 12.3. The second kappa shape index (κ2) is 23.2. The normalized spacial score (nSPS) is 10.9. The zero-order valence-corrected chi connectivity index (χ0v) is 24.1. The number of hydrogen-bond donors (Lipinski definition) is 2. The number of ether oxygens (including phenoxy) is 3. The van der Waals surface area contributed by atoms with Crippen LogP contribution in [0.2, 0.25) is 0 Å². The zero-order chi connectivity index (χ0) is 27.0. The first-order chi connectivity index (χ1) is 18.2. The van der Waals surface area contributed by atoms with Gasteiger partial charge in [-0.05, 0) is 31.4 Å². The lowest BCUT2D eigenvalue weighted by atomic mass is 10.1. The lowest BCUT2D eigenvalue weighted by molar-refractivity contribution is 0.0705. The zero-order valence-electron chi connectivity index (χ0n) is 24.1. The number of unbranched alkanes of at least 4 members (excludes halogenated alkanes) is 15. The van der Waals surface area contributed by atoms with Crippen LogP contribution < -0.4 is 19.7 Å². The minimum absolute atomic E-state index is 0.297. The van der Waals surface area contributed by atoms with Crippen LogP contribution in [0.3, 0.4) is 0 Å². The first-order valence-electron chi connectivity index (χ1n) is 15.2. The summed E-state index contributed by atoms with van der Waals surface area (Å²) >= 11 is 0. The molecular formula is C31H55NO5. The van der Waals surface area contributed by atoms with E-state index in [1.807, 2.05) is 0 Å². The highest BCUT2D eigenvalue weighted by Crippen LogP contribution is 2.39. The van der Waals surface area contributed by atoms with E-state index in [2.05, 4.69) is 20.8 Å². The molecule has 0 bridgehead atoms. The number of rotatable bonds is 25. The van der Waals surface area contributed by atoms with Crippen molar-refractivity contribution in [1.29, 1.82) is 0 Å². The molecule has 0 aliphatic rings. The molecule has 0 saturated carbocycles. The Labute approximate surface area is 226 Å². The fourth-order valence-corrected chi connectivity index (χ4v) is 4.31. The van der Waals surface area contributed by atoms with E-state index >= 15 is 0 Å². The fourth-order valence-electron chi connectivity index (χ4n) is 4.31. The summed E-state index contributed by atoms with van der Waals surface area (Å²) in [5.74, 6) is 1.01. The topological polar surface area (TPSA) is 77.0 Å². The molecule has 0 unspecified atom stereocenters. The Morgan fingerprint density at radius 2 is 0.946 bits per heavy atom. The number of nitrogens with one attached hydrogen (secondary N) is 1. The molecule has 6 heteroatoms. The number of carbonyl (C=O) groups is 1. The quantitative estimate of drug-likeness (QED) is 0.0762. The van der Waals surface area contributed by atoms with Crippen molar-refractivity contribution in [2.45, 2.75) is 136 Å². The molecule has 0 aliphatic heterocycles. The predicted octanol–water partition coefficient (Wildman–Crippen LogP) is 9.02. The highest BCUT2D eigenvalue weighted by atomic mass is 16.5. The van der Waals surface area contributed by atoms with E-state index < -0.39 is 5.91 Å². The summed E-state index contributed by atoms with van der Waals surface area (Å²) in [6.07, 6.45) is 21.2. The fraction of sp³-hybridized carbons (Fsp3) is 0.774. The number of hydroxylamine groups is 1. The molecule has 6 nitrogen and oxygen atoms in total. The van der Waals surface area contributed by atoms with E-state index in [-0.39, 0.29) is 0 Å². The van der Waals surface area contributed by atoms with Crippen LogP contribution in [0.4, 0.5) is 0 Å². The first-order valence-corrected chi connectivity index (χ1v) is 15.2. The third kappa shape index (κ3) is 15.8. The maximum atomic E-state index is 12.3. The van der Waals surface area contributed by atoms with E-state index in [9.17, 15) is 10.0 Å². The minimum atomic E-state index is -0.587. The van der Waals surface area contributed by atoms with Crippen molar-refractivity contribution in [2.24, 2.45) is 0 Å². The molecule has 0 atom stereocenters. The Balaban J connectivity index is 2.85. The summed E-state index contributed by atoms with van der Waals surface area (Å²) in [5.41, 5.74) is 2.03. The summed E-state index contributed by atoms with van der Waals surface area (Å²) in [6.45, 7) is 8.36. The van der Waals surface area contributed by atoms with Crippen molar-refractivity contribution < 1.29 is 24.2 Å². The largest absolute Gasteiger partial charge is 0.490 e. The smallest absolute Gasteiger partial charge is 0.274 e. The van der Waals surface area contributed by atoms with Gasteiger partial charge in [0.05, 0.1) is 19.8 Å². The highest BCUT2D eigenvalue weighted by Gasteiger charge is 2.19.